The van der Waals surface area contributed by atoms with E-state index in [1.54, 1.807) is 0 Å². The second-order valence-corrected chi connectivity index (χ2v) is 5.82. The summed E-state index contributed by atoms with van der Waals surface area (Å²) in [5.74, 6) is 0.279. The van der Waals surface area contributed by atoms with Crippen molar-refractivity contribution in [2.75, 3.05) is 11.4 Å². The van der Waals surface area contributed by atoms with Crippen LogP contribution in [0, 0.1) is 5.41 Å². The number of unbranched alkanes of at least 4 members (excludes halogenated alkanes) is 1. The minimum atomic E-state index is -0.243. The van der Waals surface area contributed by atoms with Crippen molar-refractivity contribution in [3.05, 3.63) is 29.8 Å². The SMILES string of the molecule is CCCCN1C(=O)C(C)(C)CCc2ccccc21. The maximum Gasteiger partial charge on any atom is 0.232 e. The summed E-state index contributed by atoms with van der Waals surface area (Å²) in [6.45, 7) is 7.15. The van der Waals surface area contributed by atoms with Gasteiger partial charge in [0.05, 0.1) is 0 Å². The summed E-state index contributed by atoms with van der Waals surface area (Å²) in [6.07, 6.45) is 4.12. The smallest absolute Gasteiger partial charge is 0.232 e. The highest BCUT2D eigenvalue weighted by molar-refractivity contribution is 5.98. The fraction of sp³-hybridized carbons (Fsp3) is 0.562. The Labute approximate surface area is 110 Å². The van der Waals surface area contributed by atoms with Gasteiger partial charge < -0.3 is 4.90 Å². The number of para-hydroxylation sites is 1. The van der Waals surface area contributed by atoms with Crippen molar-refractivity contribution in [3.63, 3.8) is 0 Å². The molecule has 0 N–H and O–H groups in total. The van der Waals surface area contributed by atoms with Crippen LogP contribution in [0.2, 0.25) is 0 Å². The third-order valence-electron chi connectivity index (χ3n) is 3.86. The lowest BCUT2D eigenvalue weighted by molar-refractivity contribution is -0.126. The van der Waals surface area contributed by atoms with Gasteiger partial charge in [-0.2, -0.15) is 0 Å². The Morgan fingerprint density at radius 3 is 2.72 bits per heavy atom. The molecule has 18 heavy (non-hydrogen) atoms. The fourth-order valence-corrected chi connectivity index (χ4v) is 2.55. The molecule has 2 nitrogen and oxygen atoms in total. The van der Waals surface area contributed by atoms with Crippen LogP contribution in [0.4, 0.5) is 5.69 Å². The molecule has 0 fully saturated rings. The van der Waals surface area contributed by atoms with E-state index in [0.29, 0.717) is 0 Å². The number of anilines is 1. The van der Waals surface area contributed by atoms with E-state index in [0.717, 1.165) is 37.9 Å². The third kappa shape index (κ3) is 2.43. The Morgan fingerprint density at radius 1 is 1.28 bits per heavy atom. The minimum absolute atomic E-state index is 0.243. The summed E-state index contributed by atoms with van der Waals surface area (Å²) < 4.78 is 0. The average molecular weight is 245 g/mol. The summed E-state index contributed by atoms with van der Waals surface area (Å²) >= 11 is 0. The lowest BCUT2D eigenvalue weighted by Crippen LogP contribution is -2.40. The van der Waals surface area contributed by atoms with Crippen LogP contribution in [0.5, 0.6) is 0 Å². The van der Waals surface area contributed by atoms with Crippen LogP contribution in [0.25, 0.3) is 0 Å². The van der Waals surface area contributed by atoms with Crippen molar-refractivity contribution in [2.45, 2.75) is 46.5 Å². The molecule has 0 saturated heterocycles. The molecule has 0 atom stereocenters. The highest BCUT2D eigenvalue weighted by atomic mass is 16.2. The minimum Gasteiger partial charge on any atom is -0.312 e. The van der Waals surface area contributed by atoms with Gasteiger partial charge in [-0.25, -0.2) is 0 Å². The first-order valence-electron chi connectivity index (χ1n) is 6.96. The Kier molecular flexibility index (Phi) is 3.74. The zero-order chi connectivity index (χ0) is 13.2. The van der Waals surface area contributed by atoms with E-state index in [9.17, 15) is 4.79 Å². The molecule has 0 spiro atoms. The standard InChI is InChI=1S/C16H23NO/c1-4-5-12-17-14-9-7-6-8-13(14)10-11-16(2,3)15(17)18/h6-9H,4-5,10-12H2,1-3H3. The molecule has 0 saturated carbocycles. The fourth-order valence-electron chi connectivity index (χ4n) is 2.55. The van der Waals surface area contributed by atoms with Crippen molar-refractivity contribution >= 4 is 11.6 Å². The molecule has 0 unspecified atom stereocenters. The number of nitrogens with zero attached hydrogens (tertiary/aromatic N) is 1. The molecule has 0 radical (unpaired) electrons. The van der Waals surface area contributed by atoms with Gasteiger partial charge in [0.15, 0.2) is 0 Å². The van der Waals surface area contributed by atoms with Gasteiger partial charge >= 0.3 is 0 Å². The number of hydrogen-bond acceptors (Lipinski definition) is 1. The van der Waals surface area contributed by atoms with Gasteiger partial charge in [0.25, 0.3) is 0 Å². The molecule has 0 bridgehead atoms. The van der Waals surface area contributed by atoms with E-state index in [1.165, 1.54) is 5.56 Å². The summed E-state index contributed by atoms with van der Waals surface area (Å²) in [7, 11) is 0. The molecule has 98 valence electrons. The molecule has 1 aromatic carbocycles. The largest absolute Gasteiger partial charge is 0.312 e. The van der Waals surface area contributed by atoms with E-state index in [4.69, 9.17) is 0 Å². The first-order chi connectivity index (χ1) is 8.56. The van der Waals surface area contributed by atoms with Gasteiger partial charge in [-0.05, 0) is 30.9 Å². The second kappa shape index (κ2) is 5.13. The van der Waals surface area contributed by atoms with Crippen LogP contribution in [0.15, 0.2) is 24.3 Å². The Bertz CT molecular complexity index is 436. The van der Waals surface area contributed by atoms with Crippen LogP contribution >= 0.6 is 0 Å². The van der Waals surface area contributed by atoms with Crippen LogP contribution in [-0.4, -0.2) is 12.5 Å². The molecule has 1 amide bonds. The van der Waals surface area contributed by atoms with E-state index in [1.807, 2.05) is 11.0 Å². The molecule has 2 rings (SSSR count). The molecule has 0 aromatic heterocycles. The van der Waals surface area contributed by atoms with E-state index >= 15 is 0 Å². The quantitative estimate of drug-likeness (QED) is 0.793. The lowest BCUT2D eigenvalue weighted by Gasteiger charge is -2.29. The molecular weight excluding hydrogens is 222 g/mol. The monoisotopic (exact) mass is 245 g/mol. The van der Waals surface area contributed by atoms with Crippen molar-refractivity contribution in [3.8, 4) is 0 Å². The molecule has 1 aliphatic rings. The lowest BCUT2D eigenvalue weighted by atomic mass is 9.86. The molecular formula is C16H23NO. The van der Waals surface area contributed by atoms with Gasteiger partial charge in [-0.15, -0.1) is 0 Å². The maximum atomic E-state index is 12.7. The Hall–Kier alpha value is -1.31. The number of carbonyl (C=O) groups excluding carboxylic acids is 1. The van der Waals surface area contributed by atoms with E-state index in [-0.39, 0.29) is 11.3 Å². The number of rotatable bonds is 3. The highest BCUT2D eigenvalue weighted by Gasteiger charge is 2.35. The number of hydrogen-bond donors (Lipinski definition) is 0. The van der Waals surface area contributed by atoms with Crippen LogP contribution in [0.3, 0.4) is 0 Å². The van der Waals surface area contributed by atoms with E-state index < -0.39 is 0 Å². The number of benzene rings is 1. The summed E-state index contributed by atoms with van der Waals surface area (Å²) in [4.78, 5) is 14.7. The Morgan fingerprint density at radius 2 is 2.00 bits per heavy atom. The average Bonchev–Trinajstić information content (AvgIpc) is 2.46. The number of carbonyl (C=O) groups is 1. The van der Waals surface area contributed by atoms with Crippen molar-refractivity contribution in [1.29, 1.82) is 0 Å². The van der Waals surface area contributed by atoms with Gasteiger partial charge in [-0.1, -0.05) is 45.4 Å². The second-order valence-electron chi connectivity index (χ2n) is 5.82. The number of fused-ring (bicyclic) bond motifs is 1. The number of aryl methyl sites for hydroxylation is 1. The van der Waals surface area contributed by atoms with Crippen molar-refractivity contribution < 1.29 is 4.79 Å². The molecule has 1 aromatic rings. The zero-order valence-electron chi connectivity index (χ0n) is 11.7. The van der Waals surface area contributed by atoms with Gasteiger partial charge in [0, 0.05) is 17.6 Å². The number of amides is 1. The Balaban J connectivity index is 2.39. The first-order valence-corrected chi connectivity index (χ1v) is 6.96. The highest BCUT2D eigenvalue weighted by Crippen LogP contribution is 2.35. The van der Waals surface area contributed by atoms with Crippen molar-refractivity contribution in [2.24, 2.45) is 5.41 Å². The summed E-state index contributed by atoms with van der Waals surface area (Å²) in [5.41, 5.74) is 2.20. The van der Waals surface area contributed by atoms with Gasteiger partial charge in [0.1, 0.15) is 0 Å². The van der Waals surface area contributed by atoms with Crippen LogP contribution in [-0.2, 0) is 11.2 Å². The third-order valence-corrected chi connectivity index (χ3v) is 3.86. The molecule has 1 heterocycles. The van der Waals surface area contributed by atoms with Gasteiger partial charge in [0.2, 0.25) is 5.91 Å². The van der Waals surface area contributed by atoms with Crippen molar-refractivity contribution in [1.82, 2.24) is 0 Å². The zero-order valence-corrected chi connectivity index (χ0v) is 11.7. The molecule has 0 aliphatic carbocycles. The predicted octanol–water partition coefficient (Wildman–Crippen LogP) is 3.79. The summed E-state index contributed by atoms with van der Waals surface area (Å²) in [6, 6.07) is 8.34. The molecule has 1 aliphatic heterocycles. The first kappa shape index (κ1) is 13.1. The van der Waals surface area contributed by atoms with Crippen LogP contribution in [0.1, 0.15) is 45.6 Å². The predicted molar refractivity (Wildman–Crippen MR) is 75.8 cm³/mol. The maximum absolute atomic E-state index is 12.7. The van der Waals surface area contributed by atoms with Crippen LogP contribution < -0.4 is 4.90 Å². The van der Waals surface area contributed by atoms with Gasteiger partial charge in [-0.3, -0.25) is 4.79 Å². The topological polar surface area (TPSA) is 20.3 Å². The normalized spacial score (nSPS) is 18.4. The van der Waals surface area contributed by atoms with E-state index in [2.05, 4.69) is 39.0 Å². The molecule has 2 heteroatoms. The summed E-state index contributed by atoms with van der Waals surface area (Å²) in [5, 5.41) is 0.